The molecule has 0 amide bonds. The zero-order valence-electron chi connectivity index (χ0n) is 4.32. The molecule has 0 spiro atoms. The molecular weight excluding hydrogens is 143 g/mol. The van der Waals surface area contributed by atoms with Crippen LogP contribution >= 0.6 is 0 Å². The fourth-order valence-corrected chi connectivity index (χ4v) is 0. The van der Waals surface area contributed by atoms with E-state index < -0.39 is 0 Å². The predicted octanol–water partition coefficient (Wildman–Crippen LogP) is -2.38. The Balaban J connectivity index is -0.000000000500. The van der Waals surface area contributed by atoms with Gasteiger partial charge < -0.3 is 7.32 Å². The molecule has 0 saturated heterocycles. The normalized spacial score (nSPS) is 0.800. The molecule has 5 heteroatoms. The molecule has 0 fully saturated rings. The molecule has 0 aliphatic heterocycles. The quantitative estimate of drug-likeness (QED) is 0.353. The summed E-state index contributed by atoms with van der Waals surface area (Å²) >= 11 is 0. The maximum absolute atomic E-state index is 8.28. The third kappa shape index (κ3) is 23.8. The van der Waals surface area contributed by atoms with Gasteiger partial charge in [0, 0.05) is 21.7 Å². The summed E-state index contributed by atoms with van der Waals surface area (Å²) in [4.78, 5) is 0. The molecule has 0 atom stereocenters. The van der Waals surface area contributed by atoms with Crippen molar-refractivity contribution >= 4 is 50.5 Å². The summed E-state index contributed by atoms with van der Waals surface area (Å²) in [6.07, 6.45) is 0. The van der Waals surface area contributed by atoms with Crippen molar-refractivity contribution in [3.63, 3.8) is 0 Å². The Bertz CT molecular complexity index is 17.7. The van der Waals surface area contributed by atoms with E-state index in [1.54, 1.807) is 0 Å². The summed E-state index contributed by atoms with van der Waals surface area (Å²) in [5.74, 6) is 0. The Morgan fingerprint density at radius 3 is 1.40 bits per heavy atom. The maximum atomic E-state index is 8.28. The average molecular weight is 150 g/mol. The van der Waals surface area contributed by atoms with Crippen molar-refractivity contribution in [3.8, 4) is 0 Å². The van der Waals surface area contributed by atoms with E-state index in [4.69, 9.17) is 4.46 Å². The van der Waals surface area contributed by atoms with E-state index >= 15 is 0 Å². The fourth-order valence-electron chi connectivity index (χ4n) is 0. The molecule has 0 heterocycles. The Hall–Kier alpha value is 2.03. The van der Waals surface area contributed by atoms with Crippen molar-refractivity contribution in [2.24, 2.45) is 0 Å². The molecular formula is H7AlMgOSiTi. The summed E-state index contributed by atoms with van der Waals surface area (Å²) in [6.45, 7) is 0. The summed E-state index contributed by atoms with van der Waals surface area (Å²) in [5, 5.41) is 0. The topological polar surface area (TPSA) is 17.1 Å². The number of hydrogen-bond donors (Lipinski definition) is 0. The van der Waals surface area contributed by atoms with Crippen molar-refractivity contribution in [1.29, 1.82) is 0 Å². The van der Waals surface area contributed by atoms with Crippen molar-refractivity contribution in [2.75, 3.05) is 0 Å². The minimum atomic E-state index is 0. The van der Waals surface area contributed by atoms with Gasteiger partial charge in [-0.05, 0) is 0 Å². The van der Waals surface area contributed by atoms with Gasteiger partial charge in [-0.3, -0.25) is 0 Å². The Kier molecular flexibility index (Phi) is 206. The van der Waals surface area contributed by atoms with E-state index in [2.05, 4.69) is 0 Å². The molecule has 0 rings (SSSR count). The molecule has 0 N–H and O–H groups in total. The molecule has 0 aromatic heterocycles. The summed E-state index contributed by atoms with van der Waals surface area (Å²) in [6, 6.07) is 0. The summed E-state index contributed by atoms with van der Waals surface area (Å²) in [5.41, 5.74) is 0. The van der Waals surface area contributed by atoms with Gasteiger partial charge in [-0.2, -0.15) is 0 Å². The van der Waals surface area contributed by atoms with Crippen molar-refractivity contribution < 1.29 is 29.0 Å². The summed E-state index contributed by atoms with van der Waals surface area (Å²) in [7, 11) is 0.611. The van der Waals surface area contributed by atoms with Gasteiger partial charge in [0.2, 0.25) is 10.1 Å². The zero-order chi connectivity index (χ0) is 2.00. The first-order chi connectivity index (χ1) is 1.00. The van der Waals surface area contributed by atoms with Gasteiger partial charge in [0.25, 0.3) is 0 Å². The molecule has 0 aliphatic rings. The van der Waals surface area contributed by atoms with E-state index in [1.807, 2.05) is 0 Å². The minimum absolute atomic E-state index is 0. The first-order valence-corrected chi connectivity index (χ1v) is 0.866. The molecule has 0 aliphatic carbocycles. The molecule has 0 saturated carbocycles. The molecule has 0 radical (unpaired) electrons. The SMILES string of the molecule is O=[SiH2].[AlH3].[H-].[H-].[Mg+2].[Ti]. The first kappa shape index (κ1) is 27.8. The smallest absolute Gasteiger partial charge is 1.00 e. The van der Waals surface area contributed by atoms with Crippen LogP contribution in [0.25, 0.3) is 0 Å². The van der Waals surface area contributed by atoms with Crippen LogP contribution in [0.1, 0.15) is 2.85 Å². The third-order valence-corrected chi connectivity index (χ3v) is 0. The molecule has 0 aromatic carbocycles. The maximum Gasteiger partial charge on any atom is 2.00 e. The van der Waals surface area contributed by atoms with E-state index in [0.717, 1.165) is 0 Å². The van der Waals surface area contributed by atoms with Crippen LogP contribution in [0.15, 0.2) is 0 Å². The van der Waals surface area contributed by atoms with E-state index in [-0.39, 0.29) is 65.0 Å². The molecule has 0 aromatic rings. The van der Waals surface area contributed by atoms with Gasteiger partial charge in [0.15, 0.2) is 17.4 Å². The van der Waals surface area contributed by atoms with Crippen molar-refractivity contribution in [3.05, 3.63) is 0 Å². The third-order valence-electron chi connectivity index (χ3n) is 0. The molecule has 5 heavy (non-hydrogen) atoms. The Morgan fingerprint density at radius 2 is 1.40 bits per heavy atom. The molecule has 26 valence electrons. The van der Waals surface area contributed by atoms with Crippen LogP contribution in [0.4, 0.5) is 0 Å². The Morgan fingerprint density at radius 1 is 1.40 bits per heavy atom. The second-order valence-corrected chi connectivity index (χ2v) is 0. The molecule has 0 bridgehead atoms. The van der Waals surface area contributed by atoms with Gasteiger partial charge in [0.05, 0.1) is 0 Å². The van der Waals surface area contributed by atoms with Crippen LogP contribution in [0.5, 0.6) is 0 Å². The van der Waals surface area contributed by atoms with E-state index in [0.29, 0.717) is 10.1 Å². The van der Waals surface area contributed by atoms with E-state index in [1.165, 1.54) is 0 Å². The van der Waals surface area contributed by atoms with Gasteiger partial charge in [-0.15, -0.1) is 0 Å². The van der Waals surface area contributed by atoms with Crippen LogP contribution in [0, 0.1) is 0 Å². The van der Waals surface area contributed by atoms with Crippen LogP contribution in [-0.2, 0) is 26.2 Å². The van der Waals surface area contributed by atoms with Gasteiger partial charge in [0.1, 0.15) is 0 Å². The second-order valence-electron chi connectivity index (χ2n) is 0. The standard InChI is InChI=1S/Al.Mg.H2OSi.Ti.5H/c;;1-2;;;;;;/h;;2H2;;;;;;/q;+2;;;;;;2*-1. The van der Waals surface area contributed by atoms with E-state index in [9.17, 15) is 0 Å². The molecule has 0 unspecified atom stereocenters. The van der Waals surface area contributed by atoms with Crippen LogP contribution in [0.2, 0.25) is 0 Å². The van der Waals surface area contributed by atoms with Gasteiger partial charge in [-0.1, -0.05) is 0 Å². The minimum Gasteiger partial charge on any atom is -1.00 e. The predicted molar refractivity (Wildman–Crippen MR) is 27.1 cm³/mol. The van der Waals surface area contributed by atoms with Crippen molar-refractivity contribution in [1.82, 2.24) is 0 Å². The van der Waals surface area contributed by atoms with Crippen LogP contribution in [-0.4, -0.2) is 50.5 Å². The van der Waals surface area contributed by atoms with Crippen LogP contribution in [0.3, 0.4) is 0 Å². The number of rotatable bonds is 0. The molecule has 1 nitrogen and oxygen atoms in total. The van der Waals surface area contributed by atoms with Gasteiger partial charge >= 0.3 is 23.1 Å². The number of hydrogen-bond acceptors (Lipinski definition) is 1. The average Bonchev–Trinajstić information content (AvgIpc) is 1.00. The van der Waals surface area contributed by atoms with Crippen LogP contribution < -0.4 is 0 Å². The largest absolute Gasteiger partial charge is 2.00 e. The van der Waals surface area contributed by atoms with Gasteiger partial charge in [-0.25, -0.2) is 0 Å². The van der Waals surface area contributed by atoms with Crippen molar-refractivity contribution in [2.45, 2.75) is 0 Å². The zero-order valence-corrected chi connectivity index (χ0v) is 6.71. The second kappa shape index (κ2) is 37.0. The Labute approximate surface area is 78.9 Å². The first-order valence-electron chi connectivity index (χ1n) is 0.289. The summed E-state index contributed by atoms with van der Waals surface area (Å²) < 4.78 is 8.28. The fraction of sp³-hybridized carbons (Fsp3) is 0. The monoisotopic (exact) mass is 150 g/mol.